The van der Waals surface area contributed by atoms with Gasteiger partial charge < -0.3 is 15.5 Å². The molecule has 2 aromatic rings. The summed E-state index contributed by atoms with van der Waals surface area (Å²) in [6, 6.07) is 14.0. The molecule has 3 nitrogen and oxygen atoms in total. The quantitative estimate of drug-likeness (QED) is 0.815. The summed E-state index contributed by atoms with van der Waals surface area (Å²) in [7, 11) is 0. The van der Waals surface area contributed by atoms with Gasteiger partial charge in [-0.15, -0.1) is 0 Å². The van der Waals surface area contributed by atoms with Crippen LogP contribution in [0.5, 0.6) is 0 Å². The molecule has 110 valence electrons. The SMILES string of the molecule is Nc1ccc(Br)cc1N1CCN(c2ccc(Cl)cc2)CC1. The summed E-state index contributed by atoms with van der Waals surface area (Å²) < 4.78 is 1.06. The summed E-state index contributed by atoms with van der Waals surface area (Å²) in [6.07, 6.45) is 0. The van der Waals surface area contributed by atoms with Crippen molar-refractivity contribution in [2.75, 3.05) is 41.7 Å². The van der Waals surface area contributed by atoms with Gasteiger partial charge in [0.2, 0.25) is 0 Å². The molecular weight excluding hydrogens is 350 g/mol. The number of anilines is 3. The fourth-order valence-electron chi connectivity index (χ4n) is 2.65. The predicted molar refractivity (Wildman–Crippen MR) is 94.4 cm³/mol. The number of rotatable bonds is 2. The van der Waals surface area contributed by atoms with E-state index < -0.39 is 0 Å². The van der Waals surface area contributed by atoms with E-state index in [2.05, 4.69) is 43.9 Å². The van der Waals surface area contributed by atoms with Crippen LogP contribution in [0, 0.1) is 0 Å². The largest absolute Gasteiger partial charge is 0.397 e. The van der Waals surface area contributed by atoms with E-state index in [1.54, 1.807) is 0 Å². The van der Waals surface area contributed by atoms with Crippen LogP contribution < -0.4 is 15.5 Å². The maximum Gasteiger partial charge on any atom is 0.0612 e. The van der Waals surface area contributed by atoms with Gasteiger partial charge in [-0.2, -0.15) is 0 Å². The first-order chi connectivity index (χ1) is 10.1. The van der Waals surface area contributed by atoms with Crippen LogP contribution in [0.2, 0.25) is 5.02 Å². The molecule has 0 aliphatic carbocycles. The molecule has 1 fully saturated rings. The van der Waals surface area contributed by atoms with Gasteiger partial charge >= 0.3 is 0 Å². The molecule has 2 aromatic carbocycles. The minimum Gasteiger partial charge on any atom is -0.397 e. The zero-order valence-corrected chi connectivity index (χ0v) is 13.9. The lowest BCUT2D eigenvalue weighted by atomic mass is 10.2. The van der Waals surface area contributed by atoms with Gasteiger partial charge in [0.05, 0.1) is 11.4 Å². The molecule has 1 aliphatic heterocycles. The number of benzene rings is 2. The Hall–Kier alpha value is -1.39. The maximum atomic E-state index is 6.09. The Morgan fingerprint density at radius 2 is 1.52 bits per heavy atom. The fourth-order valence-corrected chi connectivity index (χ4v) is 3.12. The van der Waals surface area contributed by atoms with Crippen molar-refractivity contribution >= 4 is 44.6 Å². The van der Waals surface area contributed by atoms with Crippen molar-refractivity contribution in [3.05, 3.63) is 52.0 Å². The number of hydrogen-bond acceptors (Lipinski definition) is 3. The number of halogens is 2. The lowest BCUT2D eigenvalue weighted by Crippen LogP contribution is -2.46. The number of nitrogen functional groups attached to an aromatic ring is 1. The monoisotopic (exact) mass is 365 g/mol. The van der Waals surface area contributed by atoms with E-state index in [-0.39, 0.29) is 0 Å². The molecule has 5 heteroatoms. The molecule has 1 heterocycles. The maximum absolute atomic E-state index is 6.09. The second kappa shape index (κ2) is 6.16. The van der Waals surface area contributed by atoms with E-state index in [9.17, 15) is 0 Å². The first kappa shape index (κ1) is 14.5. The summed E-state index contributed by atoms with van der Waals surface area (Å²) in [5.74, 6) is 0. The molecule has 21 heavy (non-hydrogen) atoms. The zero-order valence-electron chi connectivity index (χ0n) is 11.6. The van der Waals surface area contributed by atoms with E-state index in [0.717, 1.165) is 47.0 Å². The standard InChI is InChI=1S/C16H17BrClN3/c17-12-1-6-15(19)16(11-12)21-9-7-20(8-10-21)14-4-2-13(18)3-5-14/h1-6,11H,7-10,19H2. The molecule has 1 aliphatic rings. The number of hydrogen-bond donors (Lipinski definition) is 1. The lowest BCUT2D eigenvalue weighted by Gasteiger charge is -2.38. The molecule has 0 amide bonds. The second-order valence-corrected chi connectivity index (χ2v) is 6.51. The van der Waals surface area contributed by atoms with Crippen LogP contribution in [0.1, 0.15) is 0 Å². The summed E-state index contributed by atoms with van der Waals surface area (Å²) in [5.41, 5.74) is 9.26. The van der Waals surface area contributed by atoms with E-state index >= 15 is 0 Å². The van der Waals surface area contributed by atoms with E-state index in [1.165, 1.54) is 5.69 Å². The highest BCUT2D eigenvalue weighted by molar-refractivity contribution is 9.10. The van der Waals surface area contributed by atoms with Crippen molar-refractivity contribution in [2.45, 2.75) is 0 Å². The molecule has 0 bridgehead atoms. The molecule has 2 N–H and O–H groups in total. The minimum atomic E-state index is 0.777. The van der Waals surface area contributed by atoms with Crippen LogP contribution in [-0.4, -0.2) is 26.2 Å². The van der Waals surface area contributed by atoms with Crippen LogP contribution >= 0.6 is 27.5 Å². The Labute approximate surface area is 138 Å². The van der Waals surface area contributed by atoms with Crippen molar-refractivity contribution < 1.29 is 0 Å². The molecule has 0 atom stereocenters. The van der Waals surface area contributed by atoms with Gasteiger partial charge in [-0.3, -0.25) is 0 Å². The third-order valence-corrected chi connectivity index (χ3v) is 4.55. The smallest absolute Gasteiger partial charge is 0.0612 e. The third-order valence-electron chi connectivity index (χ3n) is 3.80. The van der Waals surface area contributed by atoms with Gasteiger partial charge in [0.25, 0.3) is 0 Å². The first-order valence-corrected chi connectivity index (χ1v) is 8.11. The van der Waals surface area contributed by atoms with Gasteiger partial charge in [-0.25, -0.2) is 0 Å². The molecule has 0 unspecified atom stereocenters. The Bertz CT molecular complexity index is 622. The highest BCUT2D eigenvalue weighted by Gasteiger charge is 2.19. The zero-order chi connectivity index (χ0) is 14.8. The highest BCUT2D eigenvalue weighted by atomic mass is 79.9. The van der Waals surface area contributed by atoms with Crippen LogP contribution in [0.15, 0.2) is 46.9 Å². The van der Waals surface area contributed by atoms with Gasteiger partial charge in [0.1, 0.15) is 0 Å². The van der Waals surface area contributed by atoms with Crippen LogP contribution in [0.3, 0.4) is 0 Å². The normalized spacial score (nSPS) is 15.3. The van der Waals surface area contributed by atoms with Crippen molar-refractivity contribution in [1.29, 1.82) is 0 Å². The van der Waals surface area contributed by atoms with Crippen molar-refractivity contribution in [3.63, 3.8) is 0 Å². The molecule has 0 spiro atoms. The lowest BCUT2D eigenvalue weighted by molar-refractivity contribution is 0.654. The van der Waals surface area contributed by atoms with Crippen molar-refractivity contribution in [1.82, 2.24) is 0 Å². The Morgan fingerprint density at radius 3 is 2.19 bits per heavy atom. The van der Waals surface area contributed by atoms with E-state index in [1.807, 2.05) is 24.3 Å². The van der Waals surface area contributed by atoms with Gasteiger partial charge in [0, 0.05) is 41.4 Å². The average Bonchev–Trinajstić information content (AvgIpc) is 2.51. The topological polar surface area (TPSA) is 32.5 Å². The Morgan fingerprint density at radius 1 is 0.905 bits per heavy atom. The molecule has 0 radical (unpaired) electrons. The molecule has 3 rings (SSSR count). The summed E-state index contributed by atoms with van der Waals surface area (Å²) in [4.78, 5) is 4.72. The van der Waals surface area contributed by atoms with Crippen LogP contribution in [0.25, 0.3) is 0 Å². The summed E-state index contributed by atoms with van der Waals surface area (Å²) in [5, 5.41) is 0.777. The summed E-state index contributed by atoms with van der Waals surface area (Å²) >= 11 is 9.45. The first-order valence-electron chi connectivity index (χ1n) is 6.94. The molecule has 0 aromatic heterocycles. The predicted octanol–water partition coefficient (Wildman–Crippen LogP) is 4.01. The second-order valence-electron chi connectivity index (χ2n) is 5.15. The van der Waals surface area contributed by atoms with Crippen LogP contribution in [-0.2, 0) is 0 Å². The minimum absolute atomic E-state index is 0.777. The molecule has 1 saturated heterocycles. The van der Waals surface area contributed by atoms with E-state index in [4.69, 9.17) is 17.3 Å². The van der Waals surface area contributed by atoms with Gasteiger partial charge in [0.15, 0.2) is 0 Å². The summed E-state index contributed by atoms with van der Waals surface area (Å²) in [6.45, 7) is 3.88. The highest BCUT2D eigenvalue weighted by Crippen LogP contribution is 2.29. The van der Waals surface area contributed by atoms with Gasteiger partial charge in [-0.05, 0) is 42.5 Å². The number of nitrogens with two attached hydrogens (primary N) is 1. The van der Waals surface area contributed by atoms with Crippen LogP contribution in [0.4, 0.5) is 17.1 Å². The third kappa shape index (κ3) is 3.27. The van der Waals surface area contributed by atoms with Crippen molar-refractivity contribution in [2.24, 2.45) is 0 Å². The number of piperazine rings is 1. The Balaban J connectivity index is 1.70. The average molecular weight is 367 g/mol. The fraction of sp³-hybridized carbons (Fsp3) is 0.250. The molecule has 0 saturated carbocycles. The van der Waals surface area contributed by atoms with E-state index in [0.29, 0.717) is 0 Å². The Kier molecular flexibility index (Phi) is 4.27. The van der Waals surface area contributed by atoms with Crippen molar-refractivity contribution in [3.8, 4) is 0 Å². The van der Waals surface area contributed by atoms with Gasteiger partial charge in [-0.1, -0.05) is 27.5 Å². The number of nitrogens with zero attached hydrogens (tertiary/aromatic N) is 2. The molecular formula is C16H17BrClN3.